The standard InChI is InChI=1S/C23H22FN5O3S/c24-16-8-6-15(7-9-16)18-12-27-21(28-18)17(29-22(31)20-13-25-14-33-20)4-2-1-3-5-19(30)23-26-10-11-32-23/h6-14,17H,1-5H2,(H,27,28)(H,29,31)/t17-/m1/s1. The van der Waals surface area contributed by atoms with Gasteiger partial charge in [-0.05, 0) is 42.7 Å². The quantitative estimate of drug-likeness (QED) is 0.238. The van der Waals surface area contributed by atoms with Gasteiger partial charge in [-0.2, -0.15) is 0 Å². The molecule has 0 aliphatic carbocycles. The number of unbranched alkanes of at least 4 members (excludes halogenated alkanes) is 2. The van der Waals surface area contributed by atoms with Crippen LogP contribution in [0.1, 0.15) is 64.3 Å². The highest BCUT2D eigenvalue weighted by atomic mass is 32.1. The van der Waals surface area contributed by atoms with E-state index in [9.17, 15) is 14.0 Å². The van der Waals surface area contributed by atoms with Crippen molar-refractivity contribution in [1.82, 2.24) is 25.3 Å². The van der Waals surface area contributed by atoms with Crippen molar-refractivity contribution in [3.63, 3.8) is 0 Å². The van der Waals surface area contributed by atoms with Crippen LogP contribution in [0.2, 0.25) is 0 Å². The number of thiazole rings is 1. The van der Waals surface area contributed by atoms with E-state index in [2.05, 4.69) is 25.3 Å². The SMILES string of the molecule is O=C(CCCCC[C@@H](NC(=O)c1cncs1)c1ncc(-c2ccc(F)cc2)[nH]1)c1ncco1. The summed E-state index contributed by atoms with van der Waals surface area (Å²) in [6.45, 7) is 0. The number of aromatic amines is 1. The van der Waals surface area contributed by atoms with E-state index < -0.39 is 0 Å². The lowest BCUT2D eigenvalue weighted by molar-refractivity contribution is 0.0935. The second-order valence-electron chi connectivity index (χ2n) is 7.44. The molecule has 33 heavy (non-hydrogen) atoms. The van der Waals surface area contributed by atoms with Crippen molar-refractivity contribution in [2.45, 2.75) is 38.1 Å². The minimum absolute atomic E-state index is 0.120. The number of carbonyl (C=O) groups excluding carboxylic acids is 2. The van der Waals surface area contributed by atoms with Crippen LogP contribution in [0.25, 0.3) is 11.3 Å². The van der Waals surface area contributed by atoms with Gasteiger partial charge in [-0.3, -0.25) is 14.6 Å². The van der Waals surface area contributed by atoms with Crippen LogP contribution in [0.5, 0.6) is 0 Å². The predicted molar refractivity (Wildman–Crippen MR) is 120 cm³/mol. The molecule has 0 saturated carbocycles. The number of carbonyl (C=O) groups is 2. The number of benzene rings is 1. The summed E-state index contributed by atoms with van der Waals surface area (Å²) >= 11 is 1.26. The monoisotopic (exact) mass is 467 g/mol. The maximum Gasteiger partial charge on any atom is 0.263 e. The number of amides is 1. The topological polar surface area (TPSA) is 114 Å². The van der Waals surface area contributed by atoms with Crippen LogP contribution in [-0.2, 0) is 0 Å². The number of imidazole rings is 1. The van der Waals surface area contributed by atoms with Gasteiger partial charge in [0.05, 0.1) is 35.8 Å². The molecule has 0 radical (unpaired) electrons. The average Bonchev–Trinajstić information content (AvgIpc) is 3.60. The van der Waals surface area contributed by atoms with E-state index in [1.165, 1.54) is 42.1 Å². The Balaban J connectivity index is 1.38. The van der Waals surface area contributed by atoms with Gasteiger partial charge >= 0.3 is 0 Å². The van der Waals surface area contributed by atoms with Crippen LogP contribution < -0.4 is 5.32 Å². The molecule has 0 bridgehead atoms. The Morgan fingerprint density at radius 2 is 1.97 bits per heavy atom. The summed E-state index contributed by atoms with van der Waals surface area (Å²) in [7, 11) is 0. The first-order chi connectivity index (χ1) is 16.1. The first-order valence-electron chi connectivity index (χ1n) is 10.5. The van der Waals surface area contributed by atoms with Gasteiger partial charge in [0, 0.05) is 6.42 Å². The number of rotatable bonds is 11. The third kappa shape index (κ3) is 5.98. The van der Waals surface area contributed by atoms with Gasteiger partial charge < -0.3 is 14.7 Å². The van der Waals surface area contributed by atoms with E-state index in [1.807, 2.05) is 0 Å². The Morgan fingerprint density at radius 3 is 2.70 bits per heavy atom. The fraction of sp³-hybridized carbons (Fsp3) is 0.261. The Kier molecular flexibility index (Phi) is 7.36. The van der Waals surface area contributed by atoms with Gasteiger partial charge in [0.2, 0.25) is 5.78 Å². The Morgan fingerprint density at radius 1 is 1.12 bits per heavy atom. The van der Waals surface area contributed by atoms with Crippen molar-refractivity contribution in [1.29, 1.82) is 0 Å². The zero-order valence-electron chi connectivity index (χ0n) is 17.7. The molecule has 10 heteroatoms. The number of H-pyrrole nitrogens is 1. The third-order valence-corrected chi connectivity index (χ3v) is 5.88. The second-order valence-corrected chi connectivity index (χ2v) is 8.33. The fourth-order valence-corrected chi connectivity index (χ4v) is 3.93. The van der Waals surface area contributed by atoms with Crippen molar-refractivity contribution in [3.8, 4) is 11.3 Å². The van der Waals surface area contributed by atoms with Crippen LogP contribution in [-0.4, -0.2) is 31.6 Å². The summed E-state index contributed by atoms with van der Waals surface area (Å²) in [6, 6.07) is 5.76. The Hall–Kier alpha value is -3.66. The third-order valence-electron chi connectivity index (χ3n) is 5.11. The Bertz CT molecular complexity index is 1170. The van der Waals surface area contributed by atoms with Gasteiger partial charge in [0.1, 0.15) is 22.8 Å². The lowest BCUT2D eigenvalue weighted by Crippen LogP contribution is -2.28. The second kappa shape index (κ2) is 10.8. The number of nitrogens with one attached hydrogen (secondary N) is 2. The summed E-state index contributed by atoms with van der Waals surface area (Å²) in [4.78, 5) is 40.7. The molecule has 170 valence electrons. The van der Waals surface area contributed by atoms with Gasteiger partial charge in [-0.25, -0.2) is 14.4 Å². The smallest absolute Gasteiger partial charge is 0.263 e. The van der Waals surface area contributed by atoms with E-state index in [4.69, 9.17) is 4.42 Å². The highest BCUT2D eigenvalue weighted by molar-refractivity contribution is 7.11. The van der Waals surface area contributed by atoms with Gasteiger partial charge in [0.25, 0.3) is 11.8 Å². The molecule has 0 fully saturated rings. The molecule has 0 aliphatic heterocycles. The molecule has 0 spiro atoms. The molecular formula is C23H22FN5O3S. The molecular weight excluding hydrogens is 445 g/mol. The molecule has 1 amide bonds. The summed E-state index contributed by atoms with van der Waals surface area (Å²) < 4.78 is 18.3. The maximum atomic E-state index is 13.2. The molecule has 1 atom stereocenters. The van der Waals surface area contributed by atoms with Crippen LogP contribution in [0, 0.1) is 5.82 Å². The first kappa shape index (κ1) is 22.5. The van der Waals surface area contributed by atoms with E-state index in [-0.39, 0.29) is 29.4 Å². The molecule has 4 aromatic rings. The molecule has 1 aromatic carbocycles. The van der Waals surface area contributed by atoms with E-state index in [0.29, 0.717) is 30.0 Å². The van der Waals surface area contributed by atoms with Gasteiger partial charge in [-0.1, -0.05) is 12.8 Å². The zero-order chi connectivity index (χ0) is 23.0. The van der Waals surface area contributed by atoms with Crippen molar-refractivity contribution in [2.75, 3.05) is 0 Å². The average molecular weight is 468 g/mol. The molecule has 0 unspecified atom stereocenters. The summed E-state index contributed by atoms with van der Waals surface area (Å²) in [5.41, 5.74) is 3.14. The predicted octanol–water partition coefficient (Wildman–Crippen LogP) is 4.96. The fourth-order valence-electron chi connectivity index (χ4n) is 3.40. The number of aromatic nitrogens is 4. The molecule has 4 rings (SSSR count). The number of halogens is 1. The number of hydrogen-bond donors (Lipinski definition) is 2. The van der Waals surface area contributed by atoms with Gasteiger partial charge in [0.15, 0.2) is 0 Å². The van der Waals surface area contributed by atoms with E-state index in [0.717, 1.165) is 24.1 Å². The number of nitrogens with zero attached hydrogens (tertiary/aromatic N) is 3. The highest BCUT2D eigenvalue weighted by Gasteiger charge is 2.20. The Labute approximate surface area is 193 Å². The molecule has 3 aromatic heterocycles. The highest BCUT2D eigenvalue weighted by Crippen LogP contribution is 2.24. The lowest BCUT2D eigenvalue weighted by Gasteiger charge is -2.16. The molecule has 0 aliphatic rings. The molecule has 2 N–H and O–H groups in total. The maximum absolute atomic E-state index is 13.2. The normalized spacial score (nSPS) is 11.9. The zero-order valence-corrected chi connectivity index (χ0v) is 18.5. The molecule has 0 saturated heterocycles. The number of oxazole rings is 1. The minimum Gasteiger partial charge on any atom is -0.442 e. The lowest BCUT2D eigenvalue weighted by atomic mass is 10.0. The minimum atomic E-state index is -0.351. The van der Waals surface area contributed by atoms with Crippen LogP contribution in [0.4, 0.5) is 4.39 Å². The van der Waals surface area contributed by atoms with Crippen molar-refractivity contribution in [2.24, 2.45) is 0 Å². The summed E-state index contributed by atoms with van der Waals surface area (Å²) in [5, 5.41) is 3.02. The van der Waals surface area contributed by atoms with Crippen LogP contribution in [0.3, 0.4) is 0 Å². The largest absolute Gasteiger partial charge is 0.442 e. The molecule has 3 heterocycles. The number of ketones is 1. The first-order valence-corrected chi connectivity index (χ1v) is 11.4. The van der Waals surface area contributed by atoms with Crippen LogP contribution >= 0.6 is 11.3 Å². The van der Waals surface area contributed by atoms with E-state index >= 15 is 0 Å². The summed E-state index contributed by atoms with van der Waals surface area (Å²) in [6.07, 6.45) is 9.28. The van der Waals surface area contributed by atoms with Crippen molar-refractivity contribution >= 4 is 23.0 Å². The molecule has 8 nitrogen and oxygen atoms in total. The summed E-state index contributed by atoms with van der Waals surface area (Å²) in [5.74, 6) is 0.0949. The van der Waals surface area contributed by atoms with E-state index in [1.54, 1.807) is 23.8 Å². The van der Waals surface area contributed by atoms with Crippen molar-refractivity contribution in [3.05, 3.63) is 77.0 Å². The van der Waals surface area contributed by atoms with Crippen LogP contribution in [0.15, 0.2) is 59.0 Å². The van der Waals surface area contributed by atoms with Crippen molar-refractivity contribution < 1.29 is 18.4 Å². The van der Waals surface area contributed by atoms with Gasteiger partial charge in [-0.15, -0.1) is 11.3 Å². The number of Topliss-reactive ketones (excluding diaryl/α,β-unsaturated/α-hetero) is 1. The number of hydrogen-bond acceptors (Lipinski definition) is 7.